The summed E-state index contributed by atoms with van der Waals surface area (Å²) in [6.45, 7) is 0. The van der Waals surface area contributed by atoms with Gasteiger partial charge in [-0.25, -0.2) is 4.98 Å². The van der Waals surface area contributed by atoms with Gasteiger partial charge in [0.1, 0.15) is 0 Å². The zero-order chi connectivity index (χ0) is 7.52. The van der Waals surface area contributed by atoms with Crippen LogP contribution in [0.3, 0.4) is 0 Å². The average Bonchev–Trinajstić information content (AvgIpc) is 2.28. The highest BCUT2D eigenvalue weighted by Crippen LogP contribution is 2.16. The molecule has 2 rings (SSSR count). The van der Waals surface area contributed by atoms with Gasteiger partial charge in [-0.3, -0.25) is 0 Å². The minimum atomic E-state index is 0.553. The maximum atomic E-state index is 4.94. The standard InChI is InChI=1S/C8H6N2O/c1-3-7-4-2-6-10-11-8(7)9-5-1/h1-6H. The van der Waals surface area contributed by atoms with Gasteiger partial charge >= 0.3 is 0 Å². The predicted octanol–water partition coefficient (Wildman–Crippen LogP) is 1.47. The molecule has 11 heavy (non-hydrogen) atoms. The highest BCUT2D eigenvalue weighted by atomic mass is 16.6. The lowest BCUT2D eigenvalue weighted by atomic mass is 10.2. The molecule has 1 aromatic heterocycles. The Morgan fingerprint density at radius 2 is 2.36 bits per heavy atom. The van der Waals surface area contributed by atoms with Crippen molar-refractivity contribution in [1.29, 1.82) is 0 Å². The summed E-state index contributed by atoms with van der Waals surface area (Å²) in [6.07, 6.45) is 6.97. The first-order chi connectivity index (χ1) is 5.47. The molecule has 0 aromatic carbocycles. The topological polar surface area (TPSA) is 34.5 Å². The molecular formula is C8H6N2O. The maximum Gasteiger partial charge on any atom is 0.255 e. The van der Waals surface area contributed by atoms with E-state index in [0.29, 0.717) is 5.88 Å². The van der Waals surface area contributed by atoms with Crippen molar-refractivity contribution in [2.75, 3.05) is 0 Å². The molecule has 0 aliphatic carbocycles. The Kier molecular flexibility index (Phi) is 1.41. The van der Waals surface area contributed by atoms with Crippen molar-refractivity contribution in [2.24, 2.45) is 5.16 Å². The smallest absolute Gasteiger partial charge is 0.255 e. The van der Waals surface area contributed by atoms with Crippen LogP contribution in [-0.2, 0) is 0 Å². The fraction of sp³-hybridized carbons (Fsp3) is 0. The number of oxime groups is 1. The molecule has 0 spiro atoms. The second kappa shape index (κ2) is 2.54. The fourth-order valence-corrected chi connectivity index (χ4v) is 0.869. The molecule has 0 N–H and O–H groups in total. The molecule has 0 saturated carbocycles. The van der Waals surface area contributed by atoms with Gasteiger partial charge in [-0.05, 0) is 24.3 Å². The van der Waals surface area contributed by atoms with E-state index in [0.717, 1.165) is 5.56 Å². The molecule has 0 amide bonds. The summed E-state index contributed by atoms with van der Waals surface area (Å²) < 4.78 is 0. The van der Waals surface area contributed by atoms with Crippen molar-refractivity contribution in [1.82, 2.24) is 4.98 Å². The molecule has 0 bridgehead atoms. The van der Waals surface area contributed by atoms with E-state index in [2.05, 4.69) is 10.1 Å². The number of fused-ring (bicyclic) bond motifs is 1. The van der Waals surface area contributed by atoms with Gasteiger partial charge in [-0.1, -0.05) is 5.16 Å². The third kappa shape index (κ3) is 1.12. The van der Waals surface area contributed by atoms with E-state index in [-0.39, 0.29) is 0 Å². The third-order valence-electron chi connectivity index (χ3n) is 1.36. The van der Waals surface area contributed by atoms with Gasteiger partial charge < -0.3 is 4.84 Å². The number of aromatic nitrogens is 1. The van der Waals surface area contributed by atoms with Gasteiger partial charge in [-0.15, -0.1) is 0 Å². The molecular weight excluding hydrogens is 140 g/mol. The number of rotatable bonds is 0. The normalized spacial score (nSPS) is 13.5. The Hall–Kier alpha value is -1.64. The van der Waals surface area contributed by atoms with E-state index >= 15 is 0 Å². The zero-order valence-corrected chi connectivity index (χ0v) is 5.77. The van der Waals surface area contributed by atoms with E-state index in [1.807, 2.05) is 24.3 Å². The summed E-state index contributed by atoms with van der Waals surface area (Å²) in [5.74, 6) is 0.553. The summed E-state index contributed by atoms with van der Waals surface area (Å²) in [5.41, 5.74) is 0.949. The predicted molar refractivity (Wildman–Crippen MR) is 42.4 cm³/mol. The molecule has 3 heteroatoms. The van der Waals surface area contributed by atoms with E-state index in [4.69, 9.17) is 4.84 Å². The Morgan fingerprint density at radius 1 is 1.36 bits per heavy atom. The summed E-state index contributed by atoms with van der Waals surface area (Å²) >= 11 is 0. The molecule has 0 unspecified atom stereocenters. The molecule has 1 aliphatic rings. The quantitative estimate of drug-likeness (QED) is 0.555. The minimum Gasteiger partial charge on any atom is -0.336 e. The van der Waals surface area contributed by atoms with Crippen LogP contribution in [-0.4, -0.2) is 11.2 Å². The molecule has 1 aliphatic heterocycles. The van der Waals surface area contributed by atoms with Gasteiger partial charge in [0.05, 0.1) is 6.21 Å². The van der Waals surface area contributed by atoms with E-state index in [1.54, 1.807) is 12.4 Å². The van der Waals surface area contributed by atoms with E-state index in [9.17, 15) is 0 Å². The van der Waals surface area contributed by atoms with Crippen molar-refractivity contribution in [2.45, 2.75) is 0 Å². The number of pyridine rings is 1. The summed E-state index contributed by atoms with van der Waals surface area (Å²) in [5, 5.41) is 3.64. The molecule has 0 fully saturated rings. The second-order valence-electron chi connectivity index (χ2n) is 2.10. The van der Waals surface area contributed by atoms with Gasteiger partial charge in [0.25, 0.3) is 5.88 Å². The van der Waals surface area contributed by atoms with E-state index < -0.39 is 0 Å². The Balaban J connectivity index is 2.52. The number of nitrogens with zero attached hydrogens (tertiary/aromatic N) is 2. The molecule has 54 valence electrons. The Morgan fingerprint density at radius 3 is 3.36 bits per heavy atom. The number of allylic oxidation sites excluding steroid dienone is 1. The molecule has 0 saturated heterocycles. The maximum absolute atomic E-state index is 4.94. The second-order valence-corrected chi connectivity index (χ2v) is 2.10. The van der Waals surface area contributed by atoms with Crippen LogP contribution in [0.25, 0.3) is 6.08 Å². The van der Waals surface area contributed by atoms with Crippen molar-refractivity contribution < 1.29 is 4.84 Å². The monoisotopic (exact) mass is 146 g/mol. The fourth-order valence-electron chi connectivity index (χ4n) is 0.869. The lowest BCUT2D eigenvalue weighted by molar-refractivity contribution is 0.330. The molecule has 1 aromatic rings. The lowest BCUT2D eigenvalue weighted by Gasteiger charge is -1.97. The Bertz CT molecular complexity index is 318. The third-order valence-corrected chi connectivity index (χ3v) is 1.36. The SMILES string of the molecule is C1=Cc2cccnc2ON=C1. The zero-order valence-electron chi connectivity index (χ0n) is 5.77. The van der Waals surface area contributed by atoms with Crippen molar-refractivity contribution in [3.63, 3.8) is 0 Å². The summed E-state index contributed by atoms with van der Waals surface area (Å²) in [6, 6.07) is 3.78. The first kappa shape index (κ1) is 6.09. The average molecular weight is 146 g/mol. The lowest BCUT2D eigenvalue weighted by Crippen LogP contribution is -1.87. The van der Waals surface area contributed by atoms with Gasteiger partial charge in [0.15, 0.2) is 0 Å². The van der Waals surface area contributed by atoms with Crippen LogP contribution >= 0.6 is 0 Å². The van der Waals surface area contributed by atoms with Gasteiger partial charge in [0, 0.05) is 11.8 Å². The van der Waals surface area contributed by atoms with Crippen LogP contribution in [0.15, 0.2) is 29.6 Å². The van der Waals surface area contributed by atoms with Crippen LogP contribution in [0, 0.1) is 0 Å². The van der Waals surface area contributed by atoms with Crippen molar-refractivity contribution in [3.05, 3.63) is 30.0 Å². The highest BCUT2D eigenvalue weighted by Gasteiger charge is 2.01. The van der Waals surface area contributed by atoms with Gasteiger partial charge in [-0.2, -0.15) is 0 Å². The first-order valence-electron chi connectivity index (χ1n) is 3.29. The van der Waals surface area contributed by atoms with Crippen LogP contribution in [0.2, 0.25) is 0 Å². The molecule has 0 atom stereocenters. The van der Waals surface area contributed by atoms with Crippen LogP contribution in [0.1, 0.15) is 5.56 Å². The Labute approximate surface area is 64.0 Å². The minimum absolute atomic E-state index is 0.553. The molecule has 0 radical (unpaired) electrons. The van der Waals surface area contributed by atoms with Crippen LogP contribution in [0.4, 0.5) is 0 Å². The largest absolute Gasteiger partial charge is 0.336 e. The summed E-state index contributed by atoms with van der Waals surface area (Å²) in [4.78, 5) is 8.94. The van der Waals surface area contributed by atoms with Crippen molar-refractivity contribution >= 4 is 12.3 Å². The molecule has 3 nitrogen and oxygen atoms in total. The first-order valence-corrected chi connectivity index (χ1v) is 3.29. The van der Waals surface area contributed by atoms with Crippen molar-refractivity contribution in [3.8, 4) is 5.88 Å². The van der Waals surface area contributed by atoms with E-state index in [1.165, 1.54) is 0 Å². The highest BCUT2D eigenvalue weighted by molar-refractivity contribution is 5.79. The van der Waals surface area contributed by atoms with Crippen LogP contribution < -0.4 is 4.84 Å². The number of hydrogen-bond donors (Lipinski definition) is 0. The van der Waals surface area contributed by atoms with Crippen LogP contribution in [0.5, 0.6) is 5.88 Å². The molecule has 2 heterocycles. The number of hydrogen-bond acceptors (Lipinski definition) is 3. The summed E-state index contributed by atoms with van der Waals surface area (Å²) in [7, 11) is 0. The van der Waals surface area contributed by atoms with Gasteiger partial charge in [0.2, 0.25) is 0 Å².